The molecule has 1 atom stereocenters. The summed E-state index contributed by atoms with van der Waals surface area (Å²) in [7, 11) is -0.437. The molecule has 0 saturated heterocycles. The molecule has 0 amide bonds. The molecule has 3 heteroatoms. The van der Waals surface area contributed by atoms with Crippen LogP contribution in [0, 0.1) is 0 Å². The maximum Gasteiger partial charge on any atom is 0.0598 e. The van der Waals surface area contributed by atoms with Crippen molar-refractivity contribution in [2.24, 2.45) is 0 Å². The van der Waals surface area contributed by atoms with Crippen molar-refractivity contribution in [3.05, 3.63) is 0 Å². The minimum absolute atomic E-state index is 0.437. The van der Waals surface area contributed by atoms with Crippen molar-refractivity contribution < 1.29 is 0 Å². The van der Waals surface area contributed by atoms with Crippen molar-refractivity contribution in [3.8, 4) is 0 Å². The van der Waals surface area contributed by atoms with Crippen LogP contribution in [0.4, 0.5) is 0 Å². The van der Waals surface area contributed by atoms with Gasteiger partial charge in [0.1, 0.15) is 0 Å². The summed E-state index contributed by atoms with van der Waals surface area (Å²) in [4.78, 5) is 0. The third-order valence-electron chi connectivity index (χ3n) is 1.38. The van der Waals surface area contributed by atoms with E-state index in [0.717, 1.165) is 0 Å². The molecular weight excluding hydrogens is 165 g/mol. The van der Waals surface area contributed by atoms with Crippen LogP contribution in [0.2, 0.25) is 0 Å². The first kappa shape index (κ1) is 10.7. The fraction of sp³-hybridized carbons (Fsp3) is 1.00. The summed E-state index contributed by atoms with van der Waals surface area (Å²) in [5.41, 5.74) is 0. The quantitative estimate of drug-likeness (QED) is 0.604. The molecule has 0 spiro atoms. The summed E-state index contributed by atoms with van der Waals surface area (Å²) in [6.07, 6.45) is 0. The molecule has 0 aromatic carbocycles. The van der Waals surface area contributed by atoms with Crippen LogP contribution >= 0.6 is 18.7 Å². The minimum Gasteiger partial charge on any atom is -0.265 e. The summed E-state index contributed by atoms with van der Waals surface area (Å²) in [6, 6.07) is 1.13. The van der Waals surface area contributed by atoms with Crippen molar-refractivity contribution in [2.45, 2.75) is 39.8 Å². The second-order valence-corrected chi connectivity index (χ2v) is 5.83. The van der Waals surface area contributed by atoms with E-state index in [1.54, 1.807) is 0 Å². The molecule has 0 fully saturated rings. The normalized spacial score (nSPS) is 15.3. The zero-order chi connectivity index (χ0) is 8.31. The molecule has 0 bridgehead atoms. The summed E-state index contributed by atoms with van der Waals surface area (Å²) in [5, 5.41) is 0. The van der Waals surface area contributed by atoms with Gasteiger partial charge in [0.25, 0.3) is 0 Å². The Labute approximate surface area is 70.3 Å². The van der Waals surface area contributed by atoms with Gasteiger partial charge in [0.2, 0.25) is 0 Å². The van der Waals surface area contributed by atoms with Gasteiger partial charge in [-0.15, -0.1) is 0 Å². The average molecular weight is 182 g/mol. The van der Waals surface area contributed by atoms with Crippen molar-refractivity contribution in [2.75, 3.05) is 6.66 Å². The first-order chi connectivity index (χ1) is 4.46. The molecule has 0 radical (unpaired) electrons. The van der Waals surface area contributed by atoms with Gasteiger partial charge >= 0.3 is 0 Å². The lowest BCUT2D eigenvalue weighted by Crippen LogP contribution is -2.30. The number of halogens is 1. The highest BCUT2D eigenvalue weighted by Crippen LogP contribution is 2.44. The third-order valence-corrected chi connectivity index (χ3v) is 3.46. The minimum atomic E-state index is -0.437. The molecule has 0 aliphatic rings. The standard InChI is InChI=1S/C7H17ClNP/c1-6(2)9(7(3)4)10(5)8/h6-7H,1-5H3. The molecule has 0 aliphatic carbocycles. The number of nitrogens with zero attached hydrogens (tertiary/aromatic N) is 1. The van der Waals surface area contributed by atoms with Crippen LogP contribution in [0.1, 0.15) is 27.7 Å². The zero-order valence-electron chi connectivity index (χ0n) is 7.43. The van der Waals surface area contributed by atoms with E-state index in [9.17, 15) is 0 Å². The van der Waals surface area contributed by atoms with Gasteiger partial charge in [0, 0.05) is 12.1 Å². The molecule has 0 aromatic rings. The maximum absolute atomic E-state index is 6.02. The van der Waals surface area contributed by atoms with Crippen LogP contribution in [0.5, 0.6) is 0 Å². The van der Waals surface area contributed by atoms with Gasteiger partial charge in [-0.2, -0.15) is 0 Å². The second-order valence-electron chi connectivity index (χ2n) is 3.01. The Morgan fingerprint density at radius 2 is 1.40 bits per heavy atom. The molecule has 0 aromatic heterocycles. The summed E-state index contributed by atoms with van der Waals surface area (Å²) in [5.74, 6) is 0. The predicted octanol–water partition coefficient (Wildman–Crippen LogP) is 3.29. The molecule has 1 unspecified atom stereocenters. The SMILES string of the molecule is CC(C)N(C(C)C)P(C)Cl. The van der Waals surface area contributed by atoms with Gasteiger partial charge in [0.05, 0.1) is 7.43 Å². The van der Waals surface area contributed by atoms with E-state index < -0.39 is 7.43 Å². The molecule has 0 rings (SSSR count). The molecule has 1 nitrogen and oxygen atoms in total. The van der Waals surface area contributed by atoms with Gasteiger partial charge < -0.3 is 0 Å². The number of rotatable bonds is 3. The maximum atomic E-state index is 6.02. The zero-order valence-corrected chi connectivity index (χ0v) is 9.08. The lowest BCUT2D eigenvalue weighted by Gasteiger charge is -2.32. The second kappa shape index (κ2) is 4.54. The Morgan fingerprint density at radius 3 is 1.40 bits per heavy atom. The molecule has 0 saturated carbocycles. The van der Waals surface area contributed by atoms with Gasteiger partial charge in [-0.3, -0.25) is 4.67 Å². The fourth-order valence-corrected chi connectivity index (χ4v) is 3.55. The van der Waals surface area contributed by atoms with Crippen LogP contribution in [-0.4, -0.2) is 23.4 Å². The van der Waals surface area contributed by atoms with E-state index in [1.165, 1.54) is 0 Å². The average Bonchev–Trinajstić information content (AvgIpc) is 1.59. The molecule has 0 aliphatic heterocycles. The van der Waals surface area contributed by atoms with Crippen LogP contribution < -0.4 is 0 Å². The summed E-state index contributed by atoms with van der Waals surface area (Å²) in [6.45, 7) is 10.8. The summed E-state index contributed by atoms with van der Waals surface area (Å²) >= 11 is 6.02. The van der Waals surface area contributed by atoms with E-state index in [2.05, 4.69) is 39.0 Å². The van der Waals surface area contributed by atoms with E-state index in [4.69, 9.17) is 11.2 Å². The fourth-order valence-electron chi connectivity index (χ4n) is 1.23. The van der Waals surface area contributed by atoms with Crippen LogP contribution in [0.3, 0.4) is 0 Å². The lowest BCUT2D eigenvalue weighted by atomic mass is 10.3. The highest BCUT2D eigenvalue weighted by Gasteiger charge is 2.17. The highest BCUT2D eigenvalue weighted by atomic mass is 35.7. The Bertz CT molecular complexity index is 74.6. The van der Waals surface area contributed by atoms with Crippen LogP contribution in [0.25, 0.3) is 0 Å². The predicted molar refractivity (Wildman–Crippen MR) is 50.8 cm³/mol. The molecule has 0 N–H and O–H groups in total. The first-order valence-corrected chi connectivity index (χ1v) is 6.29. The topological polar surface area (TPSA) is 3.24 Å². The van der Waals surface area contributed by atoms with Crippen LogP contribution in [0.15, 0.2) is 0 Å². The van der Waals surface area contributed by atoms with Crippen molar-refractivity contribution in [1.29, 1.82) is 0 Å². The molecule has 0 heterocycles. The van der Waals surface area contributed by atoms with Gasteiger partial charge in [-0.1, -0.05) is 11.2 Å². The number of hydrogen-bond acceptors (Lipinski definition) is 1. The summed E-state index contributed by atoms with van der Waals surface area (Å²) < 4.78 is 2.33. The molecule has 10 heavy (non-hydrogen) atoms. The van der Waals surface area contributed by atoms with Crippen molar-refractivity contribution in [3.63, 3.8) is 0 Å². The van der Waals surface area contributed by atoms with Gasteiger partial charge in [0.15, 0.2) is 0 Å². The van der Waals surface area contributed by atoms with E-state index in [-0.39, 0.29) is 0 Å². The lowest BCUT2D eigenvalue weighted by molar-refractivity contribution is 0.328. The molecule has 62 valence electrons. The van der Waals surface area contributed by atoms with Gasteiger partial charge in [-0.05, 0) is 34.4 Å². The van der Waals surface area contributed by atoms with E-state index in [1.807, 2.05) is 0 Å². The van der Waals surface area contributed by atoms with Gasteiger partial charge in [-0.25, -0.2) is 0 Å². The first-order valence-electron chi connectivity index (χ1n) is 3.64. The number of hydrogen-bond donors (Lipinski definition) is 0. The van der Waals surface area contributed by atoms with E-state index in [0.29, 0.717) is 12.1 Å². The largest absolute Gasteiger partial charge is 0.265 e. The molecular formula is C7H17ClNP. The Kier molecular flexibility index (Phi) is 4.84. The van der Waals surface area contributed by atoms with Crippen molar-refractivity contribution in [1.82, 2.24) is 4.67 Å². The smallest absolute Gasteiger partial charge is 0.0598 e. The third kappa shape index (κ3) is 3.18. The van der Waals surface area contributed by atoms with Crippen molar-refractivity contribution >= 4 is 18.7 Å². The van der Waals surface area contributed by atoms with Crippen LogP contribution in [-0.2, 0) is 0 Å². The Balaban J connectivity index is 3.98. The monoisotopic (exact) mass is 181 g/mol. The van der Waals surface area contributed by atoms with E-state index >= 15 is 0 Å². The Morgan fingerprint density at radius 1 is 1.10 bits per heavy atom. The highest BCUT2D eigenvalue weighted by molar-refractivity contribution is 7.81. The Hall–Kier alpha value is 0.680.